The lowest BCUT2D eigenvalue weighted by Gasteiger charge is -2.37. The topological polar surface area (TPSA) is 92.1 Å². The van der Waals surface area contributed by atoms with E-state index in [9.17, 15) is 14.4 Å². The van der Waals surface area contributed by atoms with Crippen molar-refractivity contribution in [2.45, 2.75) is 26.0 Å². The van der Waals surface area contributed by atoms with Gasteiger partial charge in [0.2, 0.25) is 0 Å². The van der Waals surface area contributed by atoms with Crippen molar-refractivity contribution in [1.29, 1.82) is 0 Å². The summed E-state index contributed by atoms with van der Waals surface area (Å²) in [6.45, 7) is 5.59. The molecule has 0 bridgehead atoms. The molecule has 0 radical (unpaired) electrons. The van der Waals surface area contributed by atoms with Gasteiger partial charge in [-0.05, 0) is 38.1 Å². The maximum Gasteiger partial charge on any atom is 0.329 e. The molecule has 1 fully saturated rings. The van der Waals surface area contributed by atoms with Gasteiger partial charge in [-0.25, -0.2) is 4.79 Å². The third kappa shape index (κ3) is 5.16. The van der Waals surface area contributed by atoms with Crippen LogP contribution >= 0.6 is 0 Å². The number of amides is 2. The Balaban J connectivity index is 1.46. The summed E-state index contributed by atoms with van der Waals surface area (Å²) in [7, 11) is 0. The Labute approximate surface area is 169 Å². The van der Waals surface area contributed by atoms with E-state index in [0.29, 0.717) is 26.2 Å². The number of benzene rings is 1. The summed E-state index contributed by atoms with van der Waals surface area (Å²) < 4.78 is 10.3. The molecular weight excluding hydrogens is 374 g/mol. The first-order chi connectivity index (χ1) is 14.0. The monoisotopic (exact) mass is 399 g/mol. The minimum atomic E-state index is -0.922. The Kier molecular flexibility index (Phi) is 6.54. The van der Waals surface area contributed by atoms with Gasteiger partial charge in [0.15, 0.2) is 11.9 Å². The lowest BCUT2D eigenvalue weighted by atomic mass is 10.2. The van der Waals surface area contributed by atoms with Crippen LogP contribution in [0.5, 0.6) is 0 Å². The van der Waals surface area contributed by atoms with Gasteiger partial charge < -0.3 is 24.3 Å². The molecule has 8 heteroatoms. The summed E-state index contributed by atoms with van der Waals surface area (Å²) in [5.74, 6) is -1.33. The van der Waals surface area contributed by atoms with Crippen LogP contribution in [0.1, 0.15) is 24.4 Å². The van der Waals surface area contributed by atoms with Crippen molar-refractivity contribution in [3.8, 4) is 0 Å². The van der Waals surface area contributed by atoms with Crippen molar-refractivity contribution < 1.29 is 23.5 Å². The fourth-order valence-electron chi connectivity index (χ4n) is 3.14. The summed E-state index contributed by atoms with van der Waals surface area (Å²) >= 11 is 0. The van der Waals surface area contributed by atoms with Crippen LogP contribution in [-0.4, -0.2) is 61.0 Å². The normalized spacial score (nSPS) is 16.1. The maximum absolute atomic E-state index is 12.6. The zero-order chi connectivity index (χ0) is 20.8. The number of piperazine rings is 1. The molecule has 0 unspecified atom stereocenters. The number of ether oxygens (including phenoxy) is 1. The number of carbonyl (C=O) groups excluding carboxylic acids is 3. The average molecular weight is 399 g/mol. The SMILES string of the molecule is C[C@H](NC(=O)c1ccco1)C(=O)O[C@H](C)C(=O)N1CCN(c2ccccc2)CC1. The Hall–Kier alpha value is -3.29. The first-order valence-corrected chi connectivity index (χ1v) is 9.59. The van der Waals surface area contributed by atoms with Gasteiger partial charge in [-0.3, -0.25) is 9.59 Å². The highest BCUT2D eigenvalue weighted by Crippen LogP contribution is 2.16. The molecule has 0 aliphatic carbocycles. The highest BCUT2D eigenvalue weighted by Gasteiger charge is 2.29. The van der Waals surface area contributed by atoms with Crippen LogP contribution in [0.2, 0.25) is 0 Å². The fraction of sp³-hybridized carbons (Fsp3) is 0.381. The number of para-hydroxylation sites is 1. The molecule has 2 aromatic rings. The zero-order valence-corrected chi connectivity index (χ0v) is 16.5. The molecule has 1 N–H and O–H groups in total. The Morgan fingerprint density at radius 2 is 1.69 bits per heavy atom. The van der Waals surface area contributed by atoms with E-state index in [2.05, 4.69) is 10.2 Å². The number of anilines is 1. The third-order valence-corrected chi connectivity index (χ3v) is 4.80. The van der Waals surface area contributed by atoms with Crippen LogP contribution in [0.15, 0.2) is 53.1 Å². The van der Waals surface area contributed by atoms with Crippen LogP contribution in [-0.2, 0) is 14.3 Å². The predicted octanol–water partition coefficient (Wildman–Crippen LogP) is 1.68. The minimum Gasteiger partial charge on any atom is -0.459 e. The molecule has 1 aliphatic rings. The average Bonchev–Trinajstić information content (AvgIpc) is 3.29. The summed E-state index contributed by atoms with van der Waals surface area (Å²) in [5.41, 5.74) is 1.13. The Morgan fingerprint density at radius 1 is 1.00 bits per heavy atom. The highest BCUT2D eigenvalue weighted by molar-refractivity contribution is 5.94. The standard InChI is InChI=1S/C21H25N3O5/c1-15(22-19(25)18-9-6-14-28-18)21(27)29-16(2)20(26)24-12-10-23(11-13-24)17-7-4-3-5-8-17/h3-9,14-16H,10-13H2,1-2H3,(H,22,25)/t15-,16+/m0/s1. The van der Waals surface area contributed by atoms with Gasteiger partial charge in [-0.1, -0.05) is 18.2 Å². The second kappa shape index (κ2) is 9.27. The minimum absolute atomic E-state index is 0.102. The van der Waals surface area contributed by atoms with Gasteiger partial charge in [0.05, 0.1) is 6.26 Å². The molecule has 2 amide bonds. The summed E-state index contributed by atoms with van der Waals surface area (Å²) in [6, 6.07) is 12.2. The number of esters is 1. The smallest absolute Gasteiger partial charge is 0.329 e. The molecule has 154 valence electrons. The second-order valence-electron chi connectivity index (χ2n) is 6.90. The second-order valence-corrected chi connectivity index (χ2v) is 6.90. The maximum atomic E-state index is 12.6. The van der Waals surface area contributed by atoms with Gasteiger partial charge >= 0.3 is 5.97 Å². The molecule has 0 saturated carbocycles. The molecular formula is C21H25N3O5. The van der Waals surface area contributed by atoms with Gasteiger partial charge in [-0.15, -0.1) is 0 Å². The van der Waals surface area contributed by atoms with Gasteiger partial charge in [0, 0.05) is 31.9 Å². The number of rotatable bonds is 6. The van der Waals surface area contributed by atoms with E-state index in [0.717, 1.165) is 5.69 Å². The molecule has 1 aromatic heterocycles. The van der Waals surface area contributed by atoms with E-state index in [-0.39, 0.29) is 11.7 Å². The number of furan rings is 1. The molecule has 1 aliphatic heterocycles. The largest absolute Gasteiger partial charge is 0.459 e. The van der Waals surface area contributed by atoms with Gasteiger partial charge in [0.25, 0.3) is 11.8 Å². The van der Waals surface area contributed by atoms with E-state index in [4.69, 9.17) is 9.15 Å². The van der Waals surface area contributed by atoms with Crippen LogP contribution in [0, 0.1) is 0 Å². The van der Waals surface area contributed by atoms with E-state index < -0.39 is 24.0 Å². The summed E-state index contributed by atoms with van der Waals surface area (Å²) in [4.78, 5) is 40.7. The van der Waals surface area contributed by atoms with Gasteiger partial charge in [-0.2, -0.15) is 0 Å². The first-order valence-electron chi connectivity index (χ1n) is 9.59. The summed E-state index contributed by atoms with van der Waals surface area (Å²) in [5, 5.41) is 2.49. The molecule has 29 heavy (non-hydrogen) atoms. The van der Waals surface area contributed by atoms with Crippen molar-refractivity contribution >= 4 is 23.5 Å². The van der Waals surface area contributed by atoms with Crippen LogP contribution in [0.25, 0.3) is 0 Å². The Morgan fingerprint density at radius 3 is 2.31 bits per heavy atom. The molecule has 1 aromatic carbocycles. The van der Waals surface area contributed by atoms with Crippen molar-refractivity contribution in [3.63, 3.8) is 0 Å². The van der Waals surface area contributed by atoms with E-state index in [1.54, 1.807) is 17.9 Å². The lowest BCUT2D eigenvalue weighted by Crippen LogP contribution is -2.52. The summed E-state index contributed by atoms with van der Waals surface area (Å²) in [6.07, 6.45) is 0.449. The Bertz CT molecular complexity index is 829. The van der Waals surface area contributed by atoms with E-state index in [1.807, 2.05) is 30.3 Å². The number of hydrogen-bond donors (Lipinski definition) is 1. The van der Waals surface area contributed by atoms with Crippen LogP contribution in [0.3, 0.4) is 0 Å². The van der Waals surface area contributed by atoms with Crippen LogP contribution in [0.4, 0.5) is 5.69 Å². The number of hydrogen-bond acceptors (Lipinski definition) is 6. The third-order valence-electron chi connectivity index (χ3n) is 4.80. The van der Waals surface area contributed by atoms with Crippen molar-refractivity contribution in [1.82, 2.24) is 10.2 Å². The molecule has 0 spiro atoms. The quantitative estimate of drug-likeness (QED) is 0.743. The molecule has 3 rings (SSSR count). The number of carbonyl (C=O) groups is 3. The zero-order valence-electron chi connectivity index (χ0n) is 16.5. The predicted molar refractivity (Wildman–Crippen MR) is 106 cm³/mol. The first kappa shape index (κ1) is 20.4. The fourth-order valence-corrected chi connectivity index (χ4v) is 3.14. The van der Waals surface area contributed by atoms with E-state index >= 15 is 0 Å². The number of nitrogens with one attached hydrogen (secondary N) is 1. The van der Waals surface area contributed by atoms with Crippen LogP contribution < -0.4 is 10.2 Å². The van der Waals surface area contributed by atoms with Crippen molar-refractivity contribution in [2.24, 2.45) is 0 Å². The van der Waals surface area contributed by atoms with Crippen molar-refractivity contribution in [3.05, 3.63) is 54.5 Å². The number of nitrogens with zero attached hydrogens (tertiary/aromatic N) is 2. The van der Waals surface area contributed by atoms with Crippen molar-refractivity contribution in [2.75, 3.05) is 31.1 Å². The van der Waals surface area contributed by atoms with E-state index in [1.165, 1.54) is 19.3 Å². The molecule has 8 nitrogen and oxygen atoms in total. The highest BCUT2D eigenvalue weighted by atomic mass is 16.5. The molecule has 2 heterocycles. The van der Waals surface area contributed by atoms with Gasteiger partial charge in [0.1, 0.15) is 6.04 Å². The molecule has 1 saturated heterocycles. The lowest BCUT2D eigenvalue weighted by molar-refractivity contribution is -0.160. The molecule has 2 atom stereocenters.